The SMILES string of the molecule is CC(C)NCCN(C(=O)CNCC(=O)N(C)N1Cc2ccccc2C1)c1cc(C#N)cc2c1OCC2.Cl.Cl. The highest BCUT2D eigenvalue weighted by Crippen LogP contribution is 2.37. The van der Waals surface area contributed by atoms with E-state index < -0.39 is 0 Å². The maximum Gasteiger partial charge on any atom is 0.250 e. The smallest absolute Gasteiger partial charge is 0.250 e. The van der Waals surface area contributed by atoms with Crippen molar-refractivity contribution in [2.75, 3.05) is 44.7 Å². The Bertz CT molecular complexity index is 1140. The standard InChI is InChI=1S/C27H34N6O3.2ClH/c1-19(2)30-9-10-33(24-13-20(14-28)12-21-8-11-36-27(21)24)26(35)16-29-15-25(34)31(3)32-17-22-6-4-5-7-23(22)18-32;;/h4-7,12-13,19,29-30H,8-11,15-18H2,1-3H3;2*1H. The lowest BCUT2D eigenvalue weighted by atomic mass is 10.1. The van der Waals surface area contributed by atoms with Crippen molar-refractivity contribution in [3.8, 4) is 11.8 Å². The van der Waals surface area contributed by atoms with Gasteiger partial charge in [-0.3, -0.25) is 19.9 Å². The average molecular weight is 564 g/mol. The molecule has 206 valence electrons. The number of amides is 2. The Kier molecular flexibility index (Phi) is 11.8. The van der Waals surface area contributed by atoms with Gasteiger partial charge in [0.1, 0.15) is 5.75 Å². The number of anilines is 1. The second kappa shape index (κ2) is 14.3. The van der Waals surface area contributed by atoms with E-state index in [0.29, 0.717) is 56.2 Å². The van der Waals surface area contributed by atoms with Gasteiger partial charge in [-0.1, -0.05) is 38.1 Å². The molecule has 0 aliphatic carbocycles. The molecular weight excluding hydrogens is 527 g/mol. The number of rotatable bonds is 10. The maximum atomic E-state index is 13.3. The topological polar surface area (TPSA) is 101 Å². The highest BCUT2D eigenvalue weighted by Gasteiger charge is 2.27. The lowest BCUT2D eigenvalue weighted by Crippen LogP contribution is -2.47. The zero-order valence-electron chi connectivity index (χ0n) is 22.0. The minimum absolute atomic E-state index is 0. The highest BCUT2D eigenvalue weighted by atomic mass is 35.5. The number of likely N-dealkylation sites (N-methyl/N-ethyl adjacent to an activating group) is 1. The third-order valence-electron chi connectivity index (χ3n) is 6.53. The number of ether oxygens (including phenoxy) is 1. The van der Waals surface area contributed by atoms with Crippen LogP contribution in [-0.4, -0.2) is 67.7 Å². The Morgan fingerprint density at radius 3 is 2.37 bits per heavy atom. The molecule has 0 bridgehead atoms. The van der Waals surface area contributed by atoms with Crippen LogP contribution in [0.1, 0.15) is 36.1 Å². The molecule has 0 saturated carbocycles. The van der Waals surface area contributed by atoms with Crippen molar-refractivity contribution in [3.05, 3.63) is 58.7 Å². The number of nitriles is 1. The first kappa shape index (κ1) is 31.3. The van der Waals surface area contributed by atoms with Crippen LogP contribution in [0.5, 0.6) is 5.75 Å². The summed E-state index contributed by atoms with van der Waals surface area (Å²) in [6.45, 7) is 7.05. The van der Waals surface area contributed by atoms with Crippen LogP contribution in [0.15, 0.2) is 36.4 Å². The van der Waals surface area contributed by atoms with E-state index in [0.717, 1.165) is 5.56 Å². The molecule has 0 spiro atoms. The third kappa shape index (κ3) is 7.37. The molecule has 0 fully saturated rings. The monoisotopic (exact) mass is 562 g/mol. The Labute approximate surface area is 236 Å². The fourth-order valence-corrected chi connectivity index (χ4v) is 4.57. The number of benzene rings is 2. The van der Waals surface area contributed by atoms with Gasteiger partial charge in [0, 0.05) is 51.3 Å². The van der Waals surface area contributed by atoms with Crippen LogP contribution < -0.4 is 20.3 Å². The van der Waals surface area contributed by atoms with E-state index >= 15 is 0 Å². The molecule has 0 aromatic heterocycles. The fraction of sp³-hybridized carbons (Fsp3) is 0.444. The van der Waals surface area contributed by atoms with Crippen LogP contribution in [0.3, 0.4) is 0 Å². The maximum absolute atomic E-state index is 13.3. The second-order valence-corrected chi connectivity index (χ2v) is 9.46. The molecule has 2 aliphatic heterocycles. The lowest BCUT2D eigenvalue weighted by Gasteiger charge is -2.28. The van der Waals surface area contributed by atoms with Crippen LogP contribution in [0, 0.1) is 11.3 Å². The second-order valence-electron chi connectivity index (χ2n) is 9.46. The summed E-state index contributed by atoms with van der Waals surface area (Å²) in [7, 11) is 1.76. The van der Waals surface area contributed by atoms with Crippen LogP contribution in [-0.2, 0) is 29.1 Å². The lowest BCUT2D eigenvalue weighted by molar-refractivity contribution is -0.145. The molecule has 2 aromatic rings. The number of hydrogen-bond acceptors (Lipinski definition) is 7. The normalized spacial score (nSPS) is 13.4. The van der Waals surface area contributed by atoms with Crippen LogP contribution in [0.25, 0.3) is 0 Å². The number of carbonyl (C=O) groups excluding carboxylic acids is 2. The van der Waals surface area contributed by atoms with Crippen molar-refractivity contribution in [3.63, 3.8) is 0 Å². The van der Waals surface area contributed by atoms with Gasteiger partial charge in [0.25, 0.3) is 5.91 Å². The van der Waals surface area contributed by atoms with Crippen molar-refractivity contribution in [2.24, 2.45) is 0 Å². The molecule has 2 aromatic carbocycles. The van der Waals surface area contributed by atoms with Crippen molar-refractivity contribution in [1.82, 2.24) is 20.7 Å². The highest BCUT2D eigenvalue weighted by molar-refractivity contribution is 5.97. The van der Waals surface area contributed by atoms with E-state index in [9.17, 15) is 14.9 Å². The summed E-state index contributed by atoms with van der Waals surface area (Å²) in [5.41, 5.74) is 4.49. The fourth-order valence-electron chi connectivity index (χ4n) is 4.57. The minimum Gasteiger partial charge on any atom is -0.491 e. The van der Waals surface area contributed by atoms with E-state index in [-0.39, 0.29) is 55.8 Å². The number of hydrogen-bond donors (Lipinski definition) is 2. The molecule has 2 aliphatic rings. The minimum atomic E-state index is -0.183. The van der Waals surface area contributed by atoms with Gasteiger partial charge in [0.2, 0.25) is 5.91 Å². The Morgan fingerprint density at radius 1 is 1.08 bits per heavy atom. The predicted octanol–water partition coefficient (Wildman–Crippen LogP) is 2.65. The molecular formula is C27H36Cl2N6O3. The number of nitrogens with zero attached hydrogens (tertiary/aromatic N) is 4. The van der Waals surface area contributed by atoms with Gasteiger partial charge in [0.05, 0.1) is 37.0 Å². The first-order valence-corrected chi connectivity index (χ1v) is 12.4. The quantitative estimate of drug-likeness (QED) is 0.459. The number of halogens is 2. The largest absolute Gasteiger partial charge is 0.491 e. The van der Waals surface area contributed by atoms with E-state index in [2.05, 4.69) is 28.8 Å². The Hall–Kier alpha value is -2.87. The number of nitrogens with one attached hydrogen (secondary N) is 2. The van der Waals surface area contributed by atoms with Crippen molar-refractivity contribution in [1.29, 1.82) is 5.26 Å². The van der Waals surface area contributed by atoms with Gasteiger partial charge in [-0.15, -0.1) is 24.8 Å². The van der Waals surface area contributed by atoms with Gasteiger partial charge in [-0.25, -0.2) is 5.01 Å². The molecule has 0 radical (unpaired) electrons. The summed E-state index contributed by atoms with van der Waals surface area (Å²) < 4.78 is 5.84. The molecule has 2 amide bonds. The van der Waals surface area contributed by atoms with E-state index in [1.807, 2.05) is 37.1 Å². The van der Waals surface area contributed by atoms with Gasteiger partial charge in [0.15, 0.2) is 0 Å². The molecule has 0 atom stereocenters. The molecule has 0 unspecified atom stereocenters. The summed E-state index contributed by atoms with van der Waals surface area (Å²) in [5, 5.41) is 19.5. The number of hydrazine groups is 1. The number of fused-ring (bicyclic) bond motifs is 2. The van der Waals surface area contributed by atoms with Gasteiger partial charge < -0.3 is 15.0 Å². The molecule has 4 rings (SSSR count). The van der Waals surface area contributed by atoms with Crippen molar-refractivity contribution >= 4 is 42.3 Å². The van der Waals surface area contributed by atoms with Crippen molar-refractivity contribution < 1.29 is 14.3 Å². The van der Waals surface area contributed by atoms with Crippen LogP contribution >= 0.6 is 24.8 Å². The first-order chi connectivity index (χ1) is 17.4. The summed E-state index contributed by atoms with van der Waals surface area (Å²) >= 11 is 0. The molecule has 2 heterocycles. The van der Waals surface area contributed by atoms with E-state index in [1.165, 1.54) is 11.1 Å². The van der Waals surface area contributed by atoms with Gasteiger partial charge in [-0.2, -0.15) is 5.26 Å². The van der Waals surface area contributed by atoms with Gasteiger partial charge >= 0.3 is 0 Å². The average Bonchev–Trinajstić information content (AvgIpc) is 3.52. The molecule has 0 saturated heterocycles. The predicted molar refractivity (Wildman–Crippen MR) is 152 cm³/mol. The third-order valence-corrected chi connectivity index (χ3v) is 6.53. The summed E-state index contributed by atoms with van der Waals surface area (Å²) in [6, 6.07) is 14.2. The summed E-state index contributed by atoms with van der Waals surface area (Å²) in [5.74, 6) is 0.369. The van der Waals surface area contributed by atoms with Crippen molar-refractivity contribution in [2.45, 2.75) is 39.4 Å². The number of carbonyl (C=O) groups is 2. The summed E-state index contributed by atoms with van der Waals surface area (Å²) in [4.78, 5) is 27.8. The molecule has 38 heavy (non-hydrogen) atoms. The van der Waals surface area contributed by atoms with Gasteiger partial charge in [-0.05, 0) is 23.3 Å². The zero-order valence-corrected chi connectivity index (χ0v) is 23.7. The summed E-state index contributed by atoms with van der Waals surface area (Å²) in [6.07, 6.45) is 0.712. The van der Waals surface area contributed by atoms with Crippen LogP contribution in [0.2, 0.25) is 0 Å². The molecule has 11 heteroatoms. The Morgan fingerprint density at radius 2 is 1.74 bits per heavy atom. The van der Waals surface area contributed by atoms with E-state index in [1.54, 1.807) is 23.0 Å². The molecule has 9 nitrogen and oxygen atoms in total. The molecule has 2 N–H and O–H groups in total. The van der Waals surface area contributed by atoms with E-state index in [4.69, 9.17) is 4.74 Å². The zero-order chi connectivity index (χ0) is 25.7. The first-order valence-electron chi connectivity index (χ1n) is 12.4. The van der Waals surface area contributed by atoms with Crippen LogP contribution in [0.4, 0.5) is 5.69 Å². The Balaban J connectivity index is 0.00000253.